The first-order valence-corrected chi connectivity index (χ1v) is 3.19. The highest BCUT2D eigenvalue weighted by atomic mass is 16.3. The summed E-state index contributed by atoms with van der Waals surface area (Å²) in [7, 11) is 0. The molecule has 0 aliphatic heterocycles. The van der Waals surface area contributed by atoms with Gasteiger partial charge < -0.3 is 16.6 Å². The van der Waals surface area contributed by atoms with E-state index in [0.717, 1.165) is 0 Å². The molecular formula is C6H14N2O2. The lowest BCUT2D eigenvalue weighted by Gasteiger charge is -2.14. The molecule has 0 aromatic rings. The Hall–Kier alpha value is -0.450. The maximum atomic E-state index is 10.9. The molecule has 0 aliphatic carbocycles. The lowest BCUT2D eigenvalue weighted by molar-refractivity contribution is -0.123. The predicted molar refractivity (Wildman–Crippen MR) is 38.3 cm³/mol. The molecule has 0 radical (unpaired) electrons. The molecule has 0 spiro atoms. The Balaban J connectivity index is 3.95. The third-order valence-corrected chi connectivity index (χ3v) is 1.30. The van der Waals surface area contributed by atoms with Crippen LogP contribution in [0, 0.1) is 0 Å². The topological polar surface area (TPSA) is 89.3 Å². The van der Waals surface area contributed by atoms with Crippen molar-refractivity contribution < 1.29 is 9.90 Å². The van der Waals surface area contributed by atoms with E-state index in [1.165, 1.54) is 6.92 Å². The second-order valence-corrected chi connectivity index (χ2v) is 2.46. The van der Waals surface area contributed by atoms with Crippen LogP contribution in [-0.4, -0.2) is 29.1 Å². The minimum absolute atomic E-state index is 0.310. The molecule has 0 heterocycles. The third kappa shape index (κ3) is 2.43. The standard InChI is InChI=1S/C6H14N2O2/c1-3(7)6(10)5(8)4(2)9/h3-5,9H,7-8H2,1-2H3/t3-,4?,5?/m0/s1. The summed E-state index contributed by atoms with van der Waals surface area (Å²) < 4.78 is 0. The summed E-state index contributed by atoms with van der Waals surface area (Å²) in [6, 6.07) is -1.44. The zero-order valence-electron chi connectivity index (χ0n) is 6.24. The summed E-state index contributed by atoms with van der Waals surface area (Å²) in [5.74, 6) is -0.310. The molecule has 0 rings (SSSR count). The van der Waals surface area contributed by atoms with Gasteiger partial charge in [-0.15, -0.1) is 0 Å². The SMILES string of the molecule is CC(O)C(N)C(=O)[C@H](C)N. The number of rotatable bonds is 3. The van der Waals surface area contributed by atoms with E-state index in [4.69, 9.17) is 16.6 Å². The Labute approximate surface area is 60.2 Å². The molecule has 10 heavy (non-hydrogen) atoms. The van der Waals surface area contributed by atoms with E-state index in [1.54, 1.807) is 6.92 Å². The van der Waals surface area contributed by atoms with Crippen molar-refractivity contribution in [3.8, 4) is 0 Å². The minimum Gasteiger partial charge on any atom is -0.391 e. The van der Waals surface area contributed by atoms with E-state index in [-0.39, 0.29) is 5.78 Å². The molecule has 4 nitrogen and oxygen atoms in total. The van der Waals surface area contributed by atoms with Crippen molar-refractivity contribution in [3.63, 3.8) is 0 Å². The lowest BCUT2D eigenvalue weighted by Crippen LogP contribution is -2.47. The smallest absolute Gasteiger partial charge is 0.168 e. The largest absolute Gasteiger partial charge is 0.391 e. The van der Waals surface area contributed by atoms with Crippen LogP contribution in [0.3, 0.4) is 0 Å². The van der Waals surface area contributed by atoms with Crippen LogP contribution in [0.5, 0.6) is 0 Å². The van der Waals surface area contributed by atoms with Gasteiger partial charge in [-0.1, -0.05) is 0 Å². The van der Waals surface area contributed by atoms with Gasteiger partial charge in [0.05, 0.1) is 18.2 Å². The molecule has 0 aliphatic rings. The Morgan fingerprint density at radius 1 is 1.40 bits per heavy atom. The van der Waals surface area contributed by atoms with E-state index in [2.05, 4.69) is 0 Å². The van der Waals surface area contributed by atoms with E-state index in [9.17, 15) is 4.79 Å². The van der Waals surface area contributed by atoms with E-state index in [1.807, 2.05) is 0 Å². The molecule has 5 N–H and O–H groups in total. The zero-order chi connectivity index (χ0) is 8.31. The van der Waals surface area contributed by atoms with Crippen molar-refractivity contribution in [1.82, 2.24) is 0 Å². The van der Waals surface area contributed by atoms with Crippen LogP contribution in [0.4, 0.5) is 0 Å². The van der Waals surface area contributed by atoms with E-state index >= 15 is 0 Å². The number of carbonyl (C=O) groups excluding carboxylic acids is 1. The van der Waals surface area contributed by atoms with Crippen LogP contribution in [-0.2, 0) is 4.79 Å². The maximum Gasteiger partial charge on any atom is 0.168 e. The minimum atomic E-state index is -0.847. The molecular weight excluding hydrogens is 132 g/mol. The number of hydrogen-bond donors (Lipinski definition) is 3. The van der Waals surface area contributed by atoms with Gasteiger partial charge in [0.2, 0.25) is 0 Å². The molecule has 0 amide bonds. The first-order chi connectivity index (χ1) is 4.46. The average molecular weight is 146 g/mol. The van der Waals surface area contributed by atoms with Gasteiger partial charge in [0.1, 0.15) is 0 Å². The maximum absolute atomic E-state index is 10.9. The Bertz CT molecular complexity index is 123. The van der Waals surface area contributed by atoms with Crippen molar-refractivity contribution in [2.75, 3.05) is 0 Å². The van der Waals surface area contributed by atoms with Gasteiger partial charge >= 0.3 is 0 Å². The molecule has 60 valence electrons. The van der Waals surface area contributed by atoms with Gasteiger partial charge in [-0.25, -0.2) is 0 Å². The summed E-state index contributed by atoms with van der Waals surface area (Å²) in [4.78, 5) is 10.9. The van der Waals surface area contributed by atoms with Gasteiger partial charge in [-0.2, -0.15) is 0 Å². The number of aliphatic hydroxyl groups is 1. The molecule has 0 aromatic heterocycles. The summed E-state index contributed by atoms with van der Waals surface area (Å²) in [6.45, 7) is 3.01. The highest BCUT2D eigenvalue weighted by molar-refractivity contribution is 5.88. The van der Waals surface area contributed by atoms with Crippen LogP contribution >= 0.6 is 0 Å². The zero-order valence-corrected chi connectivity index (χ0v) is 6.24. The fourth-order valence-electron chi connectivity index (χ4n) is 0.541. The van der Waals surface area contributed by atoms with Crippen LogP contribution in [0.1, 0.15) is 13.8 Å². The number of Topliss-reactive ketones (excluding diaryl/α,β-unsaturated/α-hetero) is 1. The fraction of sp³-hybridized carbons (Fsp3) is 0.833. The number of nitrogens with two attached hydrogens (primary N) is 2. The van der Waals surface area contributed by atoms with Gasteiger partial charge in [-0.05, 0) is 13.8 Å². The Morgan fingerprint density at radius 3 is 1.90 bits per heavy atom. The van der Waals surface area contributed by atoms with Crippen molar-refractivity contribution in [2.24, 2.45) is 11.5 Å². The Morgan fingerprint density at radius 2 is 1.80 bits per heavy atom. The normalized spacial score (nSPS) is 19.7. The first-order valence-electron chi connectivity index (χ1n) is 3.19. The van der Waals surface area contributed by atoms with Crippen LogP contribution in [0.15, 0.2) is 0 Å². The molecule has 0 fully saturated rings. The average Bonchev–Trinajstić information content (AvgIpc) is 1.84. The van der Waals surface area contributed by atoms with Gasteiger partial charge in [0, 0.05) is 0 Å². The molecule has 0 saturated carbocycles. The number of hydrogen-bond acceptors (Lipinski definition) is 4. The van der Waals surface area contributed by atoms with Crippen molar-refractivity contribution in [3.05, 3.63) is 0 Å². The van der Waals surface area contributed by atoms with Crippen LogP contribution in [0.25, 0.3) is 0 Å². The second kappa shape index (κ2) is 3.65. The van der Waals surface area contributed by atoms with Gasteiger partial charge in [0.25, 0.3) is 0 Å². The molecule has 0 aromatic carbocycles. The van der Waals surface area contributed by atoms with E-state index in [0.29, 0.717) is 0 Å². The Kier molecular flexibility index (Phi) is 3.49. The summed E-state index contributed by atoms with van der Waals surface area (Å²) in [6.07, 6.45) is -0.821. The molecule has 0 saturated heterocycles. The van der Waals surface area contributed by atoms with Crippen LogP contribution < -0.4 is 11.5 Å². The lowest BCUT2D eigenvalue weighted by atomic mass is 10.0. The monoisotopic (exact) mass is 146 g/mol. The fourth-order valence-corrected chi connectivity index (χ4v) is 0.541. The number of ketones is 1. The van der Waals surface area contributed by atoms with Crippen molar-refractivity contribution in [1.29, 1.82) is 0 Å². The third-order valence-electron chi connectivity index (χ3n) is 1.30. The van der Waals surface area contributed by atoms with Gasteiger partial charge in [0.15, 0.2) is 5.78 Å². The summed E-state index contributed by atoms with van der Waals surface area (Å²) >= 11 is 0. The van der Waals surface area contributed by atoms with Gasteiger partial charge in [-0.3, -0.25) is 4.79 Å². The summed E-state index contributed by atoms with van der Waals surface area (Å²) in [5, 5.41) is 8.84. The summed E-state index contributed by atoms with van der Waals surface area (Å²) in [5.41, 5.74) is 10.5. The van der Waals surface area contributed by atoms with Crippen LogP contribution in [0.2, 0.25) is 0 Å². The first kappa shape index (κ1) is 9.55. The van der Waals surface area contributed by atoms with Crippen molar-refractivity contribution >= 4 is 5.78 Å². The number of carbonyl (C=O) groups is 1. The number of aliphatic hydroxyl groups excluding tert-OH is 1. The van der Waals surface area contributed by atoms with E-state index < -0.39 is 18.2 Å². The highest BCUT2D eigenvalue weighted by Crippen LogP contribution is 1.92. The second-order valence-electron chi connectivity index (χ2n) is 2.46. The predicted octanol–water partition coefficient (Wildman–Crippen LogP) is -1.39. The molecule has 0 bridgehead atoms. The highest BCUT2D eigenvalue weighted by Gasteiger charge is 2.21. The molecule has 4 heteroatoms. The quantitative estimate of drug-likeness (QED) is 0.457. The molecule has 2 unspecified atom stereocenters. The molecule has 3 atom stereocenters. The van der Waals surface area contributed by atoms with Crippen molar-refractivity contribution in [2.45, 2.75) is 32.0 Å².